The van der Waals surface area contributed by atoms with Gasteiger partial charge in [0.15, 0.2) is 6.61 Å². The zero-order valence-corrected chi connectivity index (χ0v) is 13.0. The van der Waals surface area contributed by atoms with E-state index in [0.717, 1.165) is 5.56 Å². The van der Waals surface area contributed by atoms with Crippen molar-refractivity contribution in [3.8, 4) is 5.75 Å². The molecule has 2 aromatic rings. The minimum atomic E-state index is -0.268. The number of ether oxygens (including phenoxy) is 1. The molecule has 7 nitrogen and oxygen atoms in total. The largest absolute Gasteiger partial charge is 0.483 e. The van der Waals surface area contributed by atoms with Crippen LogP contribution in [0.2, 0.25) is 0 Å². The van der Waals surface area contributed by atoms with Crippen molar-refractivity contribution >= 4 is 5.91 Å². The first-order chi connectivity index (χ1) is 10.4. The highest BCUT2D eigenvalue weighted by atomic mass is 16.5. The maximum atomic E-state index is 11.8. The van der Waals surface area contributed by atoms with Crippen LogP contribution in [0.1, 0.15) is 26.3 Å². The predicted molar refractivity (Wildman–Crippen MR) is 82.9 cm³/mol. The van der Waals surface area contributed by atoms with E-state index in [9.17, 15) is 4.79 Å². The average molecular weight is 303 g/mol. The molecule has 1 aromatic carbocycles. The van der Waals surface area contributed by atoms with Crippen LogP contribution in [0.5, 0.6) is 5.75 Å². The van der Waals surface area contributed by atoms with Gasteiger partial charge in [0.05, 0.1) is 6.54 Å². The molecule has 1 aromatic heterocycles. The van der Waals surface area contributed by atoms with Crippen LogP contribution in [0.3, 0.4) is 0 Å². The maximum absolute atomic E-state index is 11.8. The Morgan fingerprint density at radius 1 is 1.23 bits per heavy atom. The van der Waals surface area contributed by atoms with E-state index in [1.54, 1.807) is 17.3 Å². The highest BCUT2D eigenvalue weighted by Crippen LogP contribution is 2.18. The number of para-hydroxylation sites is 1. The lowest BCUT2D eigenvalue weighted by Gasteiger charge is -2.21. The fraction of sp³-hybridized carbons (Fsp3) is 0.400. The molecule has 0 aliphatic carbocycles. The number of rotatable bonds is 6. The van der Waals surface area contributed by atoms with Crippen molar-refractivity contribution in [2.45, 2.75) is 32.9 Å². The molecule has 7 heteroatoms. The molecule has 1 heterocycles. The minimum Gasteiger partial charge on any atom is -0.483 e. The van der Waals surface area contributed by atoms with Gasteiger partial charge in [-0.1, -0.05) is 18.2 Å². The van der Waals surface area contributed by atoms with Crippen molar-refractivity contribution in [1.82, 2.24) is 20.2 Å². The smallest absolute Gasteiger partial charge is 0.258 e. The first-order valence-electron chi connectivity index (χ1n) is 7.04. The van der Waals surface area contributed by atoms with Gasteiger partial charge in [-0.15, -0.1) is 10.2 Å². The van der Waals surface area contributed by atoms with Gasteiger partial charge in [-0.05, 0) is 26.8 Å². The van der Waals surface area contributed by atoms with Crippen LogP contribution in [0.4, 0.5) is 0 Å². The molecule has 0 saturated heterocycles. The van der Waals surface area contributed by atoms with E-state index in [4.69, 9.17) is 4.74 Å². The molecule has 0 radical (unpaired) electrons. The fourth-order valence-corrected chi connectivity index (χ4v) is 1.85. The van der Waals surface area contributed by atoms with Crippen molar-refractivity contribution in [3.63, 3.8) is 0 Å². The van der Waals surface area contributed by atoms with Crippen LogP contribution in [0.15, 0.2) is 36.9 Å². The summed E-state index contributed by atoms with van der Waals surface area (Å²) in [4.78, 5) is 11.8. The minimum absolute atomic E-state index is 0.0130. The lowest BCUT2D eigenvalue weighted by atomic mass is 10.1. The Balaban J connectivity index is 1.92. The number of amides is 1. The third-order valence-corrected chi connectivity index (χ3v) is 2.72. The van der Waals surface area contributed by atoms with Crippen molar-refractivity contribution < 1.29 is 9.53 Å². The summed E-state index contributed by atoms with van der Waals surface area (Å²) in [6, 6.07) is 7.58. The van der Waals surface area contributed by atoms with E-state index < -0.39 is 0 Å². The van der Waals surface area contributed by atoms with Crippen LogP contribution in [-0.2, 0) is 11.3 Å². The second-order valence-corrected chi connectivity index (χ2v) is 5.90. The van der Waals surface area contributed by atoms with Crippen LogP contribution in [-0.4, -0.2) is 32.9 Å². The van der Waals surface area contributed by atoms with Crippen molar-refractivity contribution in [3.05, 3.63) is 42.5 Å². The maximum Gasteiger partial charge on any atom is 0.258 e. The molecular formula is C15H21N5O2. The number of carbonyl (C=O) groups is 1. The molecule has 1 amide bonds. The lowest BCUT2D eigenvalue weighted by molar-refractivity contribution is -0.124. The third-order valence-electron chi connectivity index (χ3n) is 2.72. The second-order valence-electron chi connectivity index (χ2n) is 5.90. The van der Waals surface area contributed by atoms with Crippen LogP contribution in [0.25, 0.3) is 0 Å². The van der Waals surface area contributed by atoms with E-state index in [0.29, 0.717) is 12.3 Å². The summed E-state index contributed by atoms with van der Waals surface area (Å²) < 4.78 is 7.28. The highest BCUT2D eigenvalue weighted by Gasteiger charge is 2.14. The van der Waals surface area contributed by atoms with Gasteiger partial charge in [0.2, 0.25) is 0 Å². The molecule has 0 saturated carbocycles. The molecule has 0 atom stereocenters. The summed E-state index contributed by atoms with van der Waals surface area (Å²) in [7, 11) is 0. The number of nitrogens with zero attached hydrogens (tertiary/aromatic N) is 3. The Morgan fingerprint density at radius 2 is 1.91 bits per heavy atom. The zero-order valence-electron chi connectivity index (χ0n) is 13.0. The lowest BCUT2D eigenvalue weighted by Crippen LogP contribution is -2.43. The first-order valence-corrected chi connectivity index (χ1v) is 7.04. The van der Waals surface area contributed by atoms with Crippen molar-refractivity contribution in [2.75, 3.05) is 12.0 Å². The SMILES string of the molecule is CC(C)(C)NC(=O)COc1ccccc1CNn1cnnc1. The summed E-state index contributed by atoms with van der Waals surface area (Å²) in [5.74, 6) is 0.529. The van der Waals surface area contributed by atoms with E-state index in [1.807, 2.05) is 45.0 Å². The fourth-order valence-electron chi connectivity index (χ4n) is 1.85. The van der Waals surface area contributed by atoms with E-state index in [1.165, 1.54) is 0 Å². The van der Waals surface area contributed by atoms with Crippen molar-refractivity contribution in [1.29, 1.82) is 0 Å². The van der Waals surface area contributed by atoms with Gasteiger partial charge < -0.3 is 15.5 Å². The number of hydrogen-bond acceptors (Lipinski definition) is 5. The van der Waals surface area contributed by atoms with Crippen molar-refractivity contribution in [2.24, 2.45) is 0 Å². The zero-order chi connectivity index (χ0) is 16.0. The van der Waals surface area contributed by atoms with Gasteiger partial charge in [-0.2, -0.15) is 0 Å². The Morgan fingerprint density at radius 3 is 2.59 bits per heavy atom. The molecule has 0 aliphatic rings. The summed E-state index contributed by atoms with van der Waals surface area (Å²) in [6.45, 7) is 6.32. The molecule has 2 N–H and O–H groups in total. The molecule has 0 spiro atoms. The number of nitrogens with one attached hydrogen (secondary N) is 2. The van der Waals surface area contributed by atoms with Gasteiger partial charge in [0, 0.05) is 11.1 Å². The second kappa shape index (κ2) is 6.93. The standard InChI is InChI=1S/C15H21N5O2/c1-15(2,3)19-14(21)9-22-13-7-5-4-6-12(13)8-18-20-10-16-17-11-20/h4-7,10-11,18H,8-9H2,1-3H3,(H,19,21). The molecule has 118 valence electrons. The van der Waals surface area contributed by atoms with E-state index >= 15 is 0 Å². The molecule has 0 bridgehead atoms. The molecule has 0 aliphatic heterocycles. The quantitative estimate of drug-likeness (QED) is 0.841. The summed E-state index contributed by atoms with van der Waals surface area (Å²) in [5, 5.41) is 10.3. The number of carbonyl (C=O) groups excluding carboxylic acids is 1. The summed E-state index contributed by atoms with van der Waals surface area (Å²) >= 11 is 0. The van der Waals surface area contributed by atoms with Gasteiger partial charge >= 0.3 is 0 Å². The topological polar surface area (TPSA) is 81.1 Å². The Bertz CT molecular complexity index is 605. The third kappa shape index (κ3) is 5.08. The van der Waals surface area contributed by atoms with Crippen LogP contribution < -0.4 is 15.5 Å². The highest BCUT2D eigenvalue weighted by molar-refractivity contribution is 5.78. The van der Waals surface area contributed by atoms with E-state index in [2.05, 4.69) is 20.9 Å². The summed E-state index contributed by atoms with van der Waals surface area (Å²) in [5.41, 5.74) is 3.79. The molecule has 2 rings (SSSR count). The number of benzene rings is 1. The molecular weight excluding hydrogens is 282 g/mol. The number of aromatic nitrogens is 3. The summed E-state index contributed by atoms with van der Waals surface area (Å²) in [6.07, 6.45) is 3.14. The number of hydrogen-bond donors (Lipinski definition) is 2. The Kier molecular flexibility index (Phi) is 4.98. The van der Waals surface area contributed by atoms with Gasteiger partial charge in [0.25, 0.3) is 5.91 Å². The molecule has 0 unspecified atom stereocenters. The monoisotopic (exact) mass is 303 g/mol. The van der Waals surface area contributed by atoms with Crippen LogP contribution in [0, 0.1) is 0 Å². The molecule has 22 heavy (non-hydrogen) atoms. The average Bonchev–Trinajstić information content (AvgIpc) is 2.95. The van der Waals surface area contributed by atoms with Gasteiger partial charge in [0.1, 0.15) is 18.4 Å². The molecule has 0 fully saturated rings. The Labute approximate surface area is 129 Å². The van der Waals surface area contributed by atoms with E-state index in [-0.39, 0.29) is 18.1 Å². The Hall–Kier alpha value is -2.57. The van der Waals surface area contributed by atoms with Gasteiger partial charge in [-0.3, -0.25) is 4.79 Å². The normalized spacial score (nSPS) is 11.0. The predicted octanol–water partition coefficient (Wildman–Crippen LogP) is 1.32. The van der Waals surface area contributed by atoms with Gasteiger partial charge in [-0.25, -0.2) is 4.68 Å². The van der Waals surface area contributed by atoms with Crippen LogP contribution >= 0.6 is 0 Å². The first kappa shape index (κ1) is 15.8.